The number of imidazole rings is 1. The Morgan fingerprint density at radius 1 is 1.15 bits per heavy atom. The molecule has 1 aliphatic rings. The molecule has 0 unspecified atom stereocenters. The summed E-state index contributed by atoms with van der Waals surface area (Å²) in [5.74, 6) is 0.827. The topological polar surface area (TPSA) is 46.9 Å². The molecule has 3 aromatic rings. The van der Waals surface area contributed by atoms with E-state index in [1.807, 2.05) is 48.1 Å². The van der Waals surface area contributed by atoms with Gasteiger partial charge < -0.3 is 9.88 Å². The van der Waals surface area contributed by atoms with Gasteiger partial charge in [0.05, 0.1) is 4.88 Å². The Kier molecular flexibility index (Phi) is 5.39. The van der Waals surface area contributed by atoms with Crippen LogP contribution in [0.1, 0.15) is 63.2 Å². The van der Waals surface area contributed by atoms with E-state index < -0.39 is 0 Å². The first-order chi connectivity index (χ1) is 13.2. The molecule has 1 amide bonds. The lowest BCUT2D eigenvalue weighted by Crippen LogP contribution is -2.30. The third-order valence-corrected chi connectivity index (χ3v) is 6.48. The second-order valence-corrected chi connectivity index (χ2v) is 8.32. The molecule has 2 aromatic heterocycles. The van der Waals surface area contributed by atoms with Crippen LogP contribution in [0.25, 0.3) is 0 Å². The Morgan fingerprint density at radius 2 is 1.93 bits per heavy atom. The number of carbonyl (C=O) groups excluding carboxylic acids is 1. The fourth-order valence-corrected chi connectivity index (χ4v) is 4.91. The van der Waals surface area contributed by atoms with Gasteiger partial charge in [-0.2, -0.15) is 0 Å². The van der Waals surface area contributed by atoms with Gasteiger partial charge in [0, 0.05) is 24.3 Å². The lowest BCUT2D eigenvalue weighted by atomic mass is 9.99. The van der Waals surface area contributed by atoms with Crippen LogP contribution >= 0.6 is 11.3 Å². The minimum Gasteiger partial charge on any atom is -0.337 e. The van der Waals surface area contributed by atoms with Crippen LogP contribution in [0.2, 0.25) is 0 Å². The quantitative estimate of drug-likeness (QED) is 0.717. The first-order valence-electron chi connectivity index (χ1n) is 9.67. The Hall–Kier alpha value is -2.40. The van der Waals surface area contributed by atoms with E-state index in [4.69, 9.17) is 0 Å². The largest absolute Gasteiger partial charge is 0.337 e. The van der Waals surface area contributed by atoms with Crippen LogP contribution in [0.5, 0.6) is 0 Å². The second kappa shape index (κ2) is 8.09. The van der Waals surface area contributed by atoms with Gasteiger partial charge in [-0.05, 0) is 42.9 Å². The SMILES string of the molecule is Cn1ccnc1[C@@H](NC(=O)c1cc2c(s1)CCCCCC2)c1ccccc1. The summed E-state index contributed by atoms with van der Waals surface area (Å²) in [6.45, 7) is 0. The number of aryl methyl sites for hydroxylation is 3. The molecule has 0 saturated heterocycles. The van der Waals surface area contributed by atoms with Crippen molar-refractivity contribution >= 4 is 17.2 Å². The zero-order chi connectivity index (χ0) is 18.6. The average Bonchev–Trinajstić information content (AvgIpc) is 3.26. The molecule has 1 atom stereocenters. The van der Waals surface area contributed by atoms with E-state index >= 15 is 0 Å². The highest BCUT2D eigenvalue weighted by Crippen LogP contribution is 2.29. The molecule has 0 radical (unpaired) electrons. The van der Waals surface area contributed by atoms with E-state index in [-0.39, 0.29) is 11.9 Å². The highest BCUT2D eigenvalue weighted by Gasteiger charge is 2.23. The van der Waals surface area contributed by atoms with E-state index in [2.05, 4.69) is 16.4 Å². The summed E-state index contributed by atoms with van der Waals surface area (Å²) in [5, 5.41) is 3.22. The van der Waals surface area contributed by atoms with Crippen LogP contribution in [0.3, 0.4) is 0 Å². The molecule has 5 heteroatoms. The van der Waals surface area contributed by atoms with Crippen molar-refractivity contribution in [1.29, 1.82) is 0 Å². The van der Waals surface area contributed by atoms with Crippen molar-refractivity contribution in [2.75, 3.05) is 0 Å². The van der Waals surface area contributed by atoms with E-state index in [0.717, 1.165) is 29.1 Å². The second-order valence-electron chi connectivity index (χ2n) is 7.19. The van der Waals surface area contributed by atoms with Crippen molar-refractivity contribution in [3.05, 3.63) is 75.5 Å². The molecule has 0 fully saturated rings. The van der Waals surface area contributed by atoms with E-state index in [1.165, 1.54) is 36.1 Å². The number of carbonyl (C=O) groups is 1. The molecule has 0 spiro atoms. The van der Waals surface area contributed by atoms with E-state index in [9.17, 15) is 4.79 Å². The van der Waals surface area contributed by atoms with Gasteiger partial charge in [-0.3, -0.25) is 4.79 Å². The van der Waals surface area contributed by atoms with Crippen LogP contribution in [0.4, 0.5) is 0 Å². The summed E-state index contributed by atoms with van der Waals surface area (Å²) in [6, 6.07) is 11.9. The number of nitrogens with one attached hydrogen (secondary N) is 1. The fourth-order valence-electron chi connectivity index (χ4n) is 3.76. The third kappa shape index (κ3) is 3.98. The van der Waals surface area contributed by atoms with Crippen LogP contribution < -0.4 is 5.32 Å². The van der Waals surface area contributed by atoms with Crippen molar-refractivity contribution in [2.45, 2.75) is 44.6 Å². The summed E-state index contributed by atoms with van der Waals surface area (Å²) in [5.41, 5.74) is 2.41. The summed E-state index contributed by atoms with van der Waals surface area (Å²) in [4.78, 5) is 19.8. The van der Waals surface area contributed by atoms with Gasteiger partial charge in [-0.25, -0.2) is 4.98 Å². The molecule has 4 nitrogen and oxygen atoms in total. The van der Waals surface area contributed by atoms with Crippen LogP contribution in [-0.2, 0) is 19.9 Å². The number of hydrogen-bond acceptors (Lipinski definition) is 3. The summed E-state index contributed by atoms with van der Waals surface area (Å²) >= 11 is 1.67. The molecule has 1 aromatic carbocycles. The van der Waals surface area contributed by atoms with E-state index in [1.54, 1.807) is 17.5 Å². The predicted molar refractivity (Wildman–Crippen MR) is 109 cm³/mol. The highest BCUT2D eigenvalue weighted by atomic mass is 32.1. The number of aromatic nitrogens is 2. The Morgan fingerprint density at radius 3 is 2.67 bits per heavy atom. The van der Waals surface area contributed by atoms with Gasteiger partial charge in [0.2, 0.25) is 0 Å². The van der Waals surface area contributed by atoms with Crippen molar-refractivity contribution in [1.82, 2.24) is 14.9 Å². The van der Waals surface area contributed by atoms with Gasteiger partial charge in [0.1, 0.15) is 11.9 Å². The first kappa shape index (κ1) is 18.0. The van der Waals surface area contributed by atoms with Crippen molar-refractivity contribution in [3.8, 4) is 0 Å². The van der Waals surface area contributed by atoms with E-state index in [0.29, 0.717) is 0 Å². The van der Waals surface area contributed by atoms with Gasteiger partial charge in [0.15, 0.2) is 0 Å². The number of hydrogen-bond donors (Lipinski definition) is 1. The van der Waals surface area contributed by atoms with Crippen LogP contribution in [0.15, 0.2) is 48.8 Å². The highest BCUT2D eigenvalue weighted by molar-refractivity contribution is 7.14. The zero-order valence-electron chi connectivity index (χ0n) is 15.6. The molecule has 0 bridgehead atoms. The molecular formula is C22H25N3OS. The Balaban J connectivity index is 1.61. The number of benzene rings is 1. The van der Waals surface area contributed by atoms with Crippen molar-refractivity contribution in [2.24, 2.45) is 7.05 Å². The first-order valence-corrected chi connectivity index (χ1v) is 10.5. The average molecular weight is 380 g/mol. The Bertz CT molecular complexity index is 887. The number of nitrogens with zero attached hydrogens (tertiary/aromatic N) is 2. The predicted octanol–water partition coefficient (Wildman–Crippen LogP) is 4.66. The maximum Gasteiger partial charge on any atom is 0.262 e. The number of amides is 1. The molecule has 0 saturated carbocycles. The standard InChI is InChI=1S/C22H25N3OS/c1-25-14-13-23-21(25)20(16-9-6-4-7-10-16)24-22(26)19-15-17-11-5-2-3-8-12-18(17)27-19/h4,6-7,9-10,13-15,20H,2-3,5,8,11-12H2,1H3,(H,24,26)/t20-/m0/s1. The van der Waals surface area contributed by atoms with Crippen LogP contribution in [-0.4, -0.2) is 15.5 Å². The maximum atomic E-state index is 13.1. The minimum atomic E-state index is -0.261. The smallest absolute Gasteiger partial charge is 0.262 e. The van der Waals surface area contributed by atoms with Crippen molar-refractivity contribution in [3.63, 3.8) is 0 Å². The number of thiophene rings is 1. The fraction of sp³-hybridized carbons (Fsp3) is 0.364. The number of fused-ring (bicyclic) bond motifs is 1. The zero-order valence-corrected chi connectivity index (χ0v) is 16.5. The monoisotopic (exact) mass is 379 g/mol. The molecule has 140 valence electrons. The van der Waals surface area contributed by atoms with Gasteiger partial charge in [-0.15, -0.1) is 11.3 Å². The van der Waals surface area contributed by atoms with Gasteiger partial charge in [-0.1, -0.05) is 43.2 Å². The molecule has 1 aliphatic carbocycles. The van der Waals surface area contributed by atoms with Crippen molar-refractivity contribution < 1.29 is 4.79 Å². The normalized spacial score (nSPS) is 15.4. The molecule has 1 N–H and O–H groups in total. The van der Waals surface area contributed by atoms with Gasteiger partial charge >= 0.3 is 0 Å². The Labute approximate surface area is 164 Å². The summed E-state index contributed by atoms with van der Waals surface area (Å²) < 4.78 is 1.96. The summed E-state index contributed by atoms with van der Waals surface area (Å²) in [7, 11) is 1.96. The minimum absolute atomic E-state index is 0.0106. The molecule has 2 heterocycles. The van der Waals surface area contributed by atoms with Crippen LogP contribution in [0, 0.1) is 0 Å². The molecule has 4 rings (SSSR count). The van der Waals surface area contributed by atoms with Gasteiger partial charge in [0.25, 0.3) is 5.91 Å². The summed E-state index contributed by atoms with van der Waals surface area (Å²) in [6.07, 6.45) is 10.9. The third-order valence-electron chi connectivity index (χ3n) is 5.25. The lowest BCUT2D eigenvalue weighted by molar-refractivity contribution is 0.0945. The maximum absolute atomic E-state index is 13.1. The lowest BCUT2D eigenvalue weighted by Gasteiger charge is -2.18. The molecular weight excluding hydrogens is 354 g/mol. The number of rotatable bonds is 4. The molecule has 0 aliphatic heterocycles. The molecule has 27 heavy (non-hydrogen) atoms.